The van der Waals surface area contributed by atoms with Crippen LogP contribution in [0, 0.1) is 11.8 Å². The maximum Gasteiger partial charge on any atom is 0.220 e. The van der Waals surface area contributed by atoms with Gasteiger partial charge in [-0.1, -0.05) is 26.0 Å². The molecule has 3 heteroatoms. The first-order valence-corrected chi connectivity index (χ1v) is 6.69. The zero-order chi connectivity index (χ0) is 12.5. The monoisotopic (exact) mass is 239 g/mol. The highest BCUT2D eigenvalue weighted by Crippen LogP contribution is 2.19. The summed E-state index contributed by atoms with van der Waals surface area (Å²) >= 11 is 0. The van der Waals surface area contributed by atoms with Crippen LogP contribution in [0.2, 0.25) is 0 Å². The molecule has 0 bridgehead atoms. The van der Waals surface area contributed by atoms with Crippen LogP contribution in [0.5, 0.6) is 0 Å². The number of carbonyl (C=O) groups is 1. The lowest BCUT2D eigenvalue weighted by Gasteiger charge is -2.09. The summed E-state index contributed by atoms with van der Waals surface area (Å²) in [5.41, 5.74) is 0. The van der Waals surface area contributed by atoms with E-state index in [0.29, 0.717) is 18.3 Å². The molecular weight excluding hydrogens is 214 g/mol. The number of ether oxygens (including phenoxy) is 1. The Hall–Kier alpha value is -0.830. The summed E-state index contributed by atoms with van der Waals surface area (Å²) in [5.74, 6) is 1.22. The minimum atomic E-state index is 0.172. The predicted octanol–water partition coefficient (Wildman–Crippen LogP) is 2.52. The van der Waals surface area contributed by atoms with Gasteiger partial charge in [0.25, 0.3) is 0 Å². The van der Waals surface area contributed by atoms with Crippen molar-refractivity contribution in [2.45, 2.75) is 39.5 Å². The molecule has 0 saturated heterocycles. The minimum Gasteiger partial charge on any atom is -0.381 e. The molecular formula is C14H25NO2. The van der Waals surface area contributed by atoms with Crippen molar-refractivity contribution >= 4 is 5.91 Å². The molecule has 17 heavy (non-hydrogen) atoms. The van der Waals surface area contributed by atoms with Crippen LogP contribution in [0.25, 0.3) is 0 Å². The molecule has 3 nitrogen and oxygen atoms in total. The van der Waals surface area contributed by atoms with Gasteiger partial charge >= 0.3 is 0 Å². The van der Waals surface area contributed by atoms with Crippen LogP contribution in [0.1, 0.15) is 39.5 Å². The predicted molar refractivity (Wildman–Crippen MR) is 69.8 cm³/mol. The van der Waals surface area contributed by atoms with Gasteiger partial charge < -0.3 is 10.1 Å². The van der Waals surface area contributed by atoms with E-state index in [0.717, 1.165) is 39.0 Å². The van der Waals surface area contributed by atoms with Gasteiger partial charge in [-0.25, -0.2) is 0 Å². The number of hydrogen-bond donors (Lipinski definition) is 1. The highest BCUT2D eigenvalue weighted by atomic mass is 16.5. The van der Waals surface area contributed by atoms with Crippen molar-refractivity contribution in [3.05, 3.63) is 12.2 Å². The first-order valence-electron chi connectivity index (χ1n) is 6.69. The SMILES string of the molecule is CC(C)COCCCNC(=O)CC1C=CCC1. The summed E-state index contributed by atoms with van der Waals surface area (Å²) in [6.45, 7) is 6.55. The van der Waals surface area contributed by atoms with E-state index >= 15 is 0 Å². The van der Waals surface area contributed by atoms with Gasteiger partial charge in [0.2, 0.25) is 5.91 Å². The van der Waals surface area contributed by atoms with Gasteiger partial charge in [0.05, 0.1) is 0 Å². The van der Waals surface area contributed by atoms with Crippen LogP contribution in [0.15, 0.2) is 12.2 Å². The lowest BCUT2D eigenvalue weighted by atomic mass is 10.1. The third-order valence-corrected chi connectivity index (χ3v) is 2.80. The van der Waals surface area contributed by atoms with E-state index in [2.05, 4.69) is 31.3 Å². The zero-order valence-corrected chi connectivity index (χ0v) is 11.1. The van der Waals surface area contributed by atoms with Crippen molar-refractivity contribution in [2.75, 3.05) is 19.8 Å². The average molecular weight is 239 g/mol. The van der Waals surface area contributed by atoms with Crippen molar-refractivity contribution < 1.29 is 9.53 Å². The summed E-state index contributed by atoms with van der Waals surface area (Å²) < 4.78 is 5.45. The van der Waals surface area contributed by atoms with Crippen molar-refractivity contribution in [1.82, 2.24) is 5.32 Å². The Morgan fingerprint density at radius 1 is 1.53 bits per heavy atom. The van der Waals surface area contributed by atoms with Crippen LogP contribution in [-0.2, 0) is 9.53 Å². The van der Waals surface area contributed by atoms with Crippen LogP contribution in [-0.4, -0.2) is 25.7 Å². The lowest BCUT2D eigenvalue weighted by molar-refractivity contribution is -0.121. The van der Waals surface area contributed by atoms with E-state index in [1.807, 2.05) is 0 Å². The van der Waals surface area contributed by atoms with Crippen LogP contribution in [0.4, 0.5) is 0 Å². The molecule has 0 fully saturated rings. The average Bonchev–Trinajstić information content (AvgIpc) is 2.75. The Morgan fingerprint density at radius 3 is 3.00 bits per heavy atom. The topological polar surface area (TPSA) is 38.3 Å². The van der Waals surface area contributed by atoms with Crippen LogP contribution < -0.4 is 5.32 Å². The minimum absolute atomic E-state index is 0.172. The molecule has 1 unspecified atom stereocenters. The summed E-state index contributed by atoms with van der Waals surface area (Å²) in [5, 5.41) is 2.94. The van der Waals surface area contributed by atoms with Crippen LogP contribution in [0.3, 0.4) is 0 Å². The third-order valence-electron chi connectivity index (χ3n) is 2.80. The van der Waals surface area contributed by atoms with Gasteiger partial charge in [-0.15, -0.1) is 0 Å². The second kappa shape index (κ2) is 8.29. The Kier molecular flexibility index (Phi) is 6.94. The maximum absolute atomic E-state index is 11.6. The number of hydrogen-bond acceptors (Lipinski definition) is 2. The molecule has 0 aromatic heterocycles. The number of allylic oxidation sites excluding steroid dienone is 2. The van der Waals surface area contributed by atoms with Gasteiger partial charge in [0.15, 0.2) is 0 Å². The summed E-state index contributed by atoms with van der Waals surface area (Å²) in [6.07, 6.45) is 8.12. The van der Waals surface area contributed by atoms with Crippen molar-refractivity contribution in [3.63, 3.8) is 0 Å². The molecule has 0 saturated carbocycles. The fourth-order valence-electron chi connectivity index (χ4n) is 1.90. The van der Waals surface area contributed by atoms with Crippen molar-refractivity contribution in [1.29, 1.82) is 0 Å². The third kappa shape index (κ3) is 7.16. The van der Waals surface area contributed by atoms with E-state index in [-0.39, 0.29) is 5.91 Å². The number of rotatable bonds is 8. The van der Waals surface area contributed by atoms with Gasteiger partial charge in [0, 0.05) is 26.2 Å². The standard InChI is InChI=1S/C14H25NO2/c1-12(2)11-17-9-5-8-15-14(16)10-13-6-3-4-7-13/h3,6,12-13H,4-5,7-11H2,1-2H3,(H,15,16). The number of amides is 1. The first-order chi connectivity index (χ1) is 8.18. The van der Waals surface area contributed by atoms with E-state index < -0.39 is 0 Å². The Labute approximate surface area is 105 Å². The normalized spacial score (nSPS) is 18.9. The Bertz CT molecular complexity index is 249. The number of nitrogens with one attached hydrogen (secondary N) is 1. The first kappa shape index (κ1) is 14.2. The molecule has 0 radical (unpaired) electrons. The van der Waals surface area contributed by atoms with Gasteiger partial charge in [-0.3, -0.25) is 4.79 Å². The molecule has 1 aliphatic carbocycles. The van der Waals surface area contributed by atoms with Crippen molar-refractivity contribution in [3.8, 4) is 0 Å². The highest BCUT2D eigenvalue weighted by Gasteiger charge is 2.13. The largest absolute Gasteiger partial charge is 0.381 e. The van der Waals surface area contributed by atoms with Crippen LogP contribution >= 0.6 is 0 Å². The van der Waals surface area contributed by atoms with Gasteiger partial charge in [0.1, 0.15) is 0 Å². The Balaban J connectivity index is 1.91. The highest BCUT2D eigenvalue weighted by molar-refractivity contribution is 5.76. The van der Waals surface area contributed by atoms with E-state index in [1.165, 1.54) is 0 Å². The van der Waals surface area contributed by atoms with E-state index in [1.54, 1.807) is 0 Å². The smallest absolute Gasteiger partial charge is 0.220 e. The summed E-state index contributed by atoms with van der Waals surface area (Å²) in [6, 6.07) is 0. The van der Waals surface area contributed by atoms with Crippen molar-refractivity contribution in [2.24, 2.45) is 11.8 Å². The molecule has 0 aliphatic heterocycles. The lowest BCUT2D eigenvalue weighted by Crippen LogP contribution is -2.26. The fourth-order valence-corrected chi connectivity index (χ4v) is 1.90. The molecule has 0 aromatic rings. The maximum atomic E-state index is 11.6. The summed E-state index contributed by atoms with van der Waals surface area (Å²) in [7, 11) is 0. The van der Waals surface area contributed by atoms with E-state index in [9.17, 15) is 4.79 Å². The van der Waals surface area contributed by atoms with Gasteiger partial charge in [-0.2, -0.15) is 0 Å². The second-order valence-electron chi connectivity index (χ2n) is 5.14. The second-order valence-corrected chi connectivity index (χ2v) is 5.14. The molecule has 0 spiro atoms. The quantitative estimate of drug-likeness (QED) is 0.522. The summed E-state index contributed by atoms with van der Waals surface area (Å²) in [4.78, 5) is 11.6. The molecule has 1 atom stereocenters. The number of carbonyl (C=O) groups excluding carboxylic acids is 1. The molecule has 0 aromatic carbocycles. The molecule has 1 N–H and O–H groups in total. The fraction of sp³-hybridized carbons (Fsp3) is 0.786. The molecule has 1 amide bonds. The molecule has 1 aliphatic rings. The van der Waals surface area contributed by atoms with Gasteiger partial charge in [-0.05, 0) is 31.1 Å². The Morgan fingerprint density at radius 2 is 2.35 bits per heavy atom. The zero-order valence-electron chi connectivity index (χ0n) is 11.1. The molecule has 1 rings (SSSR count). The molecule has 0 heterocycles. The van der Waals surface area contributed by atoms with E-state index in [4.69, 9.17) is 4.74 Å². The molecule has 98 valence electrons.